The lowest BCUT2D eigenvalue weighted by atomic mass is 10.3. The van der Waals surface area contributed by atoms with Crippen molar-refractivity contribution in [1.29, 1.82) is 0 Å². The lowest BCUT2D eigenvalue weighted by molar-refractivity contribution is -0.153. The van der Waals surface area contributed by atoms with Crippen LogP contribution in [-0.4, -0.2) is 40.7 Å². The van der Waals surface area contributed by atoms with E-state index in [2.05, 4.69) is 30.4 Å². The fraction of sp³-hybridized carbons (Fsp3) is 0.385. The summed E-state index contributed by atoms with van der Waals surface area (Å²) in [6.07, 6.45) is -3.56. The van der Waals surface area contributed by atoms with E-state index in [0.29, 0.717) is 4.57 Å². The number of nitrogens with zero attached hydrogens (tertiary/aromatic N) is 2. The monoisotopic (exact) mass is 384 g/mol. The van der Waals surface area contributed by atoms with Crippen molar-refractivity contribution in [3.63, 3.8) is 0 Å². The first-order chi connectivity index (χ1) is 11.8. The van der Waals surface area contributed by atoms with Crippen molar-refractivity contribution in [3.05, 3.63) is 24.0 Å². The molecule has 22 heavy (non-hydrogen) atoms. The van der Waals surface area contributed by atoms with Gasteiger partial charge in [-0.1, -0.05) is 15.9 Å². The molecule has 0 spiro atoms. The third kappa shape index (κ3) is 3.52. The number of methoxy groups -OCH3 is 1. The standard InChI is InChI=1S/C13H12BrF3N2O3/c1-21-12(20)10-6-8-9(19(10)5-3-14)2-4-18-11(8)22-7-13(15,16)17/h2,4,6H,3,5,7H2,1H3/i3D2,5D2. The Bertz CT molecular complexity index is 836. The number of aromatic nitrogens is 2. The number of hydrogen-bond acceptors (Lipinski definition) is 4. The van der Waals surface area contributed by atoms with Gasteiger partial charge in [-0.3, -0.25) is 0 Å². The number of aryl methyl sites for hydroxylation is 1. The molecule has 2 aromatic heterocycles. The number of fused-ring (bicyclic) bond motifs is 1. The Kier molecular flexibility index (Phi) is 3.50. The lowest BCUT2D eigenvalue weighted by Gasteiger charge is -2.10. The van der Waals surface area contributed by atoms with Gasteiger partial charge in [-0.15, -0.1) is 0 Å². The Morgan fingerprint density at radius 1 is 1.55 bits per heavy atom. The zero-order valence-corrected chi connectivity index (χ0v) is 12.7. The molecule has 0 aromatic carbocycles. The second-order valence-corrected chi connectivity index (χ2v) is 4.41. The highest BCUT2D eigenvalue weighted by Gasteiger charge is 2.29. The maximum Gasteiger partial charge on any atom is 0.422 e. The predicted octanol–water partition coefficient (Wildman–Crippen LogP) is 3.16. The van der Waals surface area contributed by atoms with Gasteiger partial charge in [0.05, 0.1) is 20.8 Å². The molecule has 120 valence electrons. The van der Waals surface area contributed by atoms with Crippen molar-refractivity contribution in [2.45, 2.75) is 12.7 Å². The van der Waals surface area contributed by atoms with Crippen LogP contribution < -0.4 is 4.74 Å². The van der Waals surface area contributed by atoms with Crippen LogP contribution in [0.5, 0.6) is 5.88 Å². The van der Waals surface area contributed by atoms with Crippen molar-refractivity contribution in [2.24, 2.45) is 0 Å². The molecule has 2 heterocycles. The largest absolute Gasteiger partial charge is 0.468 e. The van der Waals surface area contributed by atoms with E-state index in [0.717, 1.165) is 19.4 Å². The highest BCUT2D eigenvalue weighted by atomic mass is 79.9. The third-order valence-corrected chi connectivity index (χ3v) is 2.79. The molecule has 9 heteroatoms. The topological polar surface area (TPSA) is 53.4 Å². The maximum absolute atomic E-state index is 12.4. The van der Waals surface area contributed by atoms with Crippen LogP contribution in [0.25, 0.3) is 10.9 Å². The van der Waals surface area contributed by atoms with Crippen molar-refractivity contribution in [2.75, 3.05) is 19.0 Å². The van der Waals surface area contributed by atoms with Crippen LogP contribution in [0.2, 0.25) is 0 Å². The molecular weight excluding hydrogens is 369 g/mol. The molecule has 2 aromatic rings. The zero-order valence-electron chi connectivity index (χ0n) is 15.1. The van der Waals surface area contributed by atoms with E-state index in [1.165, 1.54) is 6.07 Å². The predicted molar refractivity (Wildman–Crippen MR) is 76.4 cm³/mol. The summed E-state index contributed by atoms with van der Waals surface area (Å²) in [6.45, 7) is -4.44. The number of pyridine rings is 1. The van der Waals surface area contributed by atoms with Gasteiger partial charge in [-0.25, -0.2) is 9.78 Å². The van der Waals surface area contributed by atoms with Gasteiger partial charge in [0, 0.05) is 20.7 Å². The Hall–Kier alpha value is -1.77. The molecule has 0 N–H and O–H groups in total. The minimum atomic E-state index is -4.63. The fourth-order valence-electron chi connectivity index (χ4n) is 1.79. The molecule has 0 radical (unpaired) electrons. The van der Waals surface area contributed by atoms with Crippen LogP contribution in [0.4, 0.5) is 13.2 Å². The Labute approximate surface area is 137 Å². The Morgan fingerprint density at radius 3 is 2.86 bits per heavy atom. The summed E-state index contributed by atoms with van der Waals surface area (Å²) in [5, 5.41) is -2.72. The molecule has 0 fully saturated rings. The molecule has 0 bridgehead atoms. The Balaban J connectivity index is 2.73. The molecule has 0 saturated heterocycles. The third-order valence-electron chi connectivity index (χ3n) is 2.61. The molecule has 0 amide bonds. The van der Waals surface area contributed by atoms with Crippen LogP contribution in [-0.2, 0) is 11.2 Å². The summed E-state index contributed by atoms with van der Waals surface area (Å²) in [5.41, 5.74) is -0.508. The van der Waals surface area contributed by atoms with E-state index in [1.807, 2.05) is 0 Å². The number of halogens is 4. The number of carbonyl (C=O) groups is 1. The summed E-state index contributed by atoms with van der Waals surface area (Å²) in [7, 11) is 1.03. The molecule has 5 nitrogen and oxygen atoms in total. The van der Waals surface area contributed by atoms with Gasteiger partial charge in [-0.05, 0) is 12.1 Å². The van der Waals surface area contributed by atoms with Crippen LogP contribution >= 0.6 is 15.9 Å². The first-order valence-corrected chi connectivity index (χ1v) is 6.56. The average molecular weight is 385 g/mol. The highest BCUT2D eigenvalue weighted by molar-refractivity contribution is 9.09. The number of esters is 1. The first kappa shape index (κ1) is 11.8. The average Bonchev–Trinajstić information content (AvgIpc) is 2.90. The van der Waals surface area contributed by atoms with E-state index in [9.17, 15) is 18.0 Å². The van der Waals surface area contributed by atoms with Gasteiger partial charge in [-0.2, -0.15) is 13.2 Å². The quantitative estimate of drug-likeness (QED) is 0.586. The summed E-state index contributed by atoms with van der Waals surface area (Å²) in [5.74, 6) is -1.49. The molecule has 0 aliphatic heterocycles. The smallest absolute Gasteiger partial charge is 0.422 e. The summed E-state index contributed by atoms with van der Waals surface area (Å²) >= 11 is 2.58. The lowest BCUT2D eigenvalue weighted by Crippen LogP contribution is -2.19. The maximum atomic E-state index is 12.4. The van der Waals surface area contributed by atoms with Crippen molar-refractivity contribution in [3.8, 4) is 5.88 Å². The van der Waals surface area contributed by atoms with Gasteiger partial charge < -0.3 is 14.0 Å². The second-order valence-electron chi connectivity index (χ2n) is 4.02. The zero-order chi connectivity index (χ0) is 19.9. The fourth-order valence-corrected chi connectivity index (χ4v) is 1.97. The number of ether oxygens (including phenoxy) is 2. The van der Waals surface area contributed by atoms with E-state index >= 15 is 0 Å². The number of alkyl halides is 4. The van der Waals surface area contributed by atoms with E-state index in [-0.39, 0.29) is 10.9 Å². The van der Waals surface area contributed by atoms with E-state index in [4.69, 9.17) is 5.48 Å². The van der Waals surface area contributed by atoms with Gasteiger partial charge in [0.1, 0.15) is 5.69 Å². The number of hydrogen-bond donors (Lipinski definition) is 0. The van der Waals surface area contributed by atoms with Crippen molar-refractivity contribution >= 4 is 32.8 Å². The molecule has 0 atom stereocenters. The number of carbonyl (C=O) groups excluding carboxylic acids is 1. The van der Waals surface area contributed by atoms with E-state index < -0.39 is 42.1 Å². The Morgan fingerprint density at radius 2 is 2.27 bits per heavy atom. The first-order valence-electron chi connectivity index (χ1n) is 7.77. The second kappa shape index (κ2) is 6.55. The SMILES string of the molecule is [2H]C([2H])(Br)C([2H])([2H])n1c(C(=O)OC)cc2c(OCC(F)(F)F)nccc21. The highest BCUT2D eigenvalue weighted by Crippen LogP contribution is 2.29. The summed E-state index contributed by atoms with van der Waals surface area (Å²) in [6, 6.07) is 2.26. The van der Waals surface area contributed by atoms with E-state index in [1.54, 1.807) is 0 Å². The normalized spacial score (nSPS) is 15.7. The van der Waals surface area contributed by atoms with Crippen LogP contribution in [0.15, 0.2) is 18.3 Å². The summed E-state index contributed by atoms with van der Waals surface area (Å²) < 4.78 is 78.5. The molecule has 2 rings (SSSR count). The molecule has 0 saturated carbocycles. The van der Waals surface area contributed by atoms with Crippen molar-refractivity contribution < 1.29 is 32.9 Å². The van der Waals surface area contributed by atoms with Gasteiger partial charge in [0.2, 0.25) is 5.88 Å². The minimum Gasteiger partial charge on any atom is -0.468 e. The van der Waals surface area contributed by atoms with Crippen LogP contribution in [0.3, 0.4) is 0 Å². The van der Waals surface area contributed by atoms with Gasteiger partial charge in [0.25, 0.3) is 0 Å². The van der Waals surface area contributed by atoms with Gasteiger partial charge >= 0.3 is 12.1 Å². The molecular formula is C13H12BrF3N2O3. The van der Waals surface area contributed by atoms with Crippen LogP contribution in [0, 0.1) is 0 Å². The van der Waals surface area contributed by atoms with Gasteiger partial charge in [0.15, 0.2) is 6.61 Å². The van der Waals surface area contributed by atoms with Crippen LogP contribution in [0.1, 0.15) is 16.0 Å². The molecule has 0 aliphatic carbocycles. The summed E-state index contributed by atoms with van der Waals surface area (Å²) in [4.78, 5) is 15.7. The minimum absolute atomic E-state index is 0.0918. The number of rotatable bonds is 5. The molecule has 0 unspecified atom stereocenters. The van der Waals surface area contributed by atoms with Crippen molar-refractivity contribution in [1.82, 2.24) is 9.55 Å². The molecule has 0 aliphatic rings.